The highest BCUT2D eigenvalue weighted by atomic mass is 32.3. The molecular formula is C17H26N4O6S. The first-order valence-corrected chi connectivity index (χ1v) is 10.7. The van der Waals surface area contributed by atoms with E-state index in [4.69, 9.17) is 9.08 Å². The van der Waals surface area contributed by atoms with Gasteiger partial charge in [-0.3, -0.25) is 4.55 Å². The van der Waals surface area contributed by atoms with Gasteiger partial charge < -0.3 is 14.7 Å². The van der Waals surface area contributed by atoms with Crippen molar-refractivity contribution in [1.82, 2.24) is 20.4 Å². The number of aromatic nitrogens is 1. The molecule has 1 aromatic rings. The number of carbonyl (C=O) groups is 1. The van der Waals surface area contributed by atoms with Gasteiger partial charge in [0, 0.05) is 31.3 Å². The summed E-state index contributed by atoms with van der Waals surface area (Å²) < 4.78 is 40.6. The number of hydroxylamine groups is 2. The molecule has 156 valence electrons. The molecule has 0 saturated carbocycles. The number of allylic oxidation sites excluding steroid dienone is 1. The predicted octanol–water partition coefficient (Wildman–Crippen LogP) is 2.19. The van der Waals surface area contributed by atoms with Crippen LogP contribution in [0.5, 0.6) is 0 Å². The Labute approximate surface area is 164 Å². The molecule has 1 aromatic heterocycles. The Morgan fingerprint density at radius 2 is 2.21 bits per heavy atom. The van der Waals surface area contributed by atoms with Crippen LogP contribution < -0.4 is 5.32 Å². The van der Waals surface area contributed by atoms with Gasteiger partial charge >= 0.3 is 16.4 Å². The van der Waals surface area contributed by atoms with Crippen LogP contribution in [0.3, 0.4) is 0 Å². The van der Waals surface area contributed by atoms with Gasteiger partial charge in [-0.2, -0.15) is 13.5 Å². The number of amides is 2. The number of rotatable bonds is 10. The first kappa shape index (κ1) is 20.6. The summed E-state index contributed by atoms with van der Waals surface area (Å²) in [5.74, 6) is 0.766. The molecule has 2 fully saturated rings. The normalized spacial score (nSPS) is 22.0. The van der Waals surface area contributed by atoms with E-state index in [0.717, 1.165) is 48.7 Å². The number of hydrogen-bond donors (Lipinski definition) is 2. The zero-order valence-electron chi connectivity index (χ0n) is 15.8. The van der Waals surface area contributed by atoms with Crippen LogP contribution >= 0.6 is 0 Å². The van der Waals surface area contributed by atoms with Crippen molar-refractivity contribution in [2.45, 2.75) is 57.5 Å². The van der Waals surface area contributed by atoms with Gasteiger partial charge in [-0.25, -0.2) is 4.79 Å². The second-order valence-corrected chi connectivity index (χ2v) is 8.25. The van der Waals surface area contributed by atoms with Crippen molar-refractivity contribution in [3.63, 3.8) is 0 Å². The lowest BCUT2D eigenvalue weighted by atomic mass is 9.98. The Morgan fingerprint density at radius 3 is 2.93 bits per heavy atom. The van der Waals surface area contributed by atoms with E-state index < -0.39 is 22.5 Å². The molecule has 2 N–H and O–H groups in total. The van der Waals surface area contributed by atoms with Gasteiger partial charge in [-0.05, 0) is 32.6 Å². The number of nitrogens with one attached hydrogen (secondary N) is 1. The molecule has 11 heteroatoms. The molecule has 0 unspecified atom stereocenters. The summed E-state index contributed by atoms with van der Waals surface area (Å²) in [7, 11) is -4.74. The van der Waals surface area contributed by atoms with E-state index in [1.54, 1.807) is 0 Å². The largest absolute Gasteiger partial charge is 0.418 e. The molecule has 3 heterocycles. The maximum Gasteiger partial charge on any atom is 0.418 e. The molecule has 2 aliphatic rings. The van der Waals surface area contributed by atoms with Crippen LogP contribution in [0.1, 0.15) is 56.5 Å². The predicted molar refractivity (Wildman–Crippen MR) is 99.2 cm³/mol. The minimum Gasteiger partial charge on any atom is -0.389 e. The molecule has 2 atom stereocenters. The Hall–Kier alpha value is -2.11. The van der Waals surface area contributed by atoms with Crippen LogP contribution in [0.15, 0.2) is 22.9 Å². The summed E-state index contributed by atoms with van der Waals surface area (Å²) in [6.45, 7) is 6.95. The van der Waals surface area contributed by atoms with E-state index in [0.29, 0.717) is 25.1 Å². The smallest absolute Gasteiger partial charge is 0.389 e. The fourth-order valence-corrected chi connectivity index (χ4v) is 4.03. The third-order valence-electron chi connectivity index (χ3n) is 4.94. The second-order valence-electron chi connectivity index (χ2n) is 7.25. The fourth-order valence-electron chi connectivity index (χ4n) is 3.65. The molecule has 28 heavy (non-hydrogen) atoms. The topological polar surface area (TPSA) is 125 Å². The highest BCUT2D eigenvalue weighted by Gasteiger charge is 2.48. The monoisotopic (exact) mass is 414 g/mol. The molecule has 0 aromatic carbocycles. The first-order chi connectivity index (χ1) is 13.2. The Bertz CT molecular complexity index is 823. The molecule has 0 spiro atoms. The van der Waals surface area contributed by atoms with E-state index in [9.17, 15) is 13.2 Å². The highest BCUT2D eigenvalue weighted by Crippen LogP contribution is 2.38. The van der Waals surface area contributed by atoms with Crippen LogP contribution in [0.25, 0.3) is 0 Å². The molecule has 2 amide bonds. The van der Waals surface area contributed by atoms with Gasteiger partial charge in [0.25, 0.3) is 0 Å². The molecule has 0 radical (unpaired) electrons. The number of aryl methyl sites for hydroxylation is 1. The van der Waals surface area contributed by atoms with Gasteiger partial charge in [0.2, 0.25) is 0 Å². The number of fused-ring (bicyclic) bond motifs is 2. The summed E-state index contributed by atoms with van der Waals surface area (Å²) >= 11 is 0. The van der Waals surface area contributed by atoms with Crippen LogP contribution in [0, 0.1) is 0 Å². The van der Waals surface area contributed by atoms with E-state index in [2.05, 4.69) is 21.3 Å². The lowest BCUT2D eigenvalue weighted by Crippen LogP contribution is -2.35. The van der Waals surface area contributed by atoms with Crippen molar-refractivity contribution in [2.24, 2.45) is 0 Å². The third kappa shape index (κ3) is 5.03. The Kier molecular flexibility index (Phi) is 6.26. The van der Waals surface area contributed by atoms with Gasteiger partial charge in [-0.15, -0.1) is 4.28 Å². The van der Waals surface area contributed by atoms with Crippen LogP contribution in [0.2, 0.25) is 0 Å². The minimum absolute atomic E-state index is 0.295. The van der Waals surface area contributed by atoms with Crippen molar-refractivity contribution >= 4 is 16.4 Å². The van der Waals surface area contributed by atoms with Crippen molar-refractivity contribution in [3.8, 4) is 0 Å². The third-order valence-corrected chi connectivity index (χ3v) is 5.29. The lowest BCUT2D eigenvalue weighted by molar-refractivity contribution is -0.0317. The molecule has 0 aliphatic carbocycles. The molecule has 2 saturated heterocycles. The Balaban J connectivity index is 1.53. The van der Waals surface area contributed by atoms with Crippen molar-refractivity contribution in [2.75, 3.05) is 13.1 Å². The number of urea groups is 1. The quantitative estimate of drug-likeness (QED) is 0.441. The number of nitrogens with zero attached hydrogens (tertiary/aromatic N) is 3. The van der Waals surface area contributed by atoms with Crippen molar-refractivity contribution in [3.05, 3.63) is 29.8 Å². The first-order valence-electron chi connectivity index (χ1n) is 9.36. The molecule has 2 bridgehead atoms. The second kappa shape index (κ2) is 8.50. The summed E-state index contributed by atoms with van der Waals surface area (Å²) in [5, 5.41) is 8.03. The summed E-state index contributed by atoms with van der Waals surface area (Å²) in [6, 6.07) is 0.553. The van der Waals surface area contributed by atoms with Gasteiger partial charge in [0.15, 0.2) is 0 Å². The SMILES string of the molecule is C=C(C)NCCCCCc1cc([C@@H]2CC[C@@H]3CN2C(=O)N3OS(=O)(=O)O)no1. The van der Waals surface area contributed by atoms with E-state index >= 15 is 0 Å². The standard InChI is InChI=1S/C17H26N4O6S/c1-12(2)18-9-5-3-4-6-14-10-15(19-26-14)16-8-7-13-11-20(16)17(22)21(13)27-28(23,24)25/h10,13,16,18H,1,3-9,11H2,2H3,(H,23,24,25)/t13-,16+/m1/s1. The average Bonchev–Trinajstić information content (AvgIpc) is 3.17. The lowest BCUT2D eigenvalue weighted by Gasteiger charge is -2.28. The number of unbranched alkanes of at least 4 members (excludes halogenated alkanes) is 2. The summed E-state index contributed by atoms with van der Waals surface area (Å²) in [6.07, 6.45) is 4.98. The maximum absolute atomic E-state index is 12.5. The van der Waals surface area contributed by atoms with Crippen molar-refractivity contribution in [1.29, 1.82) is 0 Å². The van der Waals surface area contributed by atoms with E-state index in [-0.39, 0.29) is 6.04 Å². The zero-order chi connectivity index (χ0) is 20.3. The molecular weight excluding hydrogens is 388 g/mol. The van der Waals surface area contributed by atoms with Gasteiger partial charge in [-0.1, -0.05) is 18.2 Å². The van der Waals surface area contributed by atoms with E-state index in [1.165, 1.54) is 4.90 Å². The number of piperidine rings is 1. The fraction of sp³-hybridized carbons (Fsp3) is 0.647. The number of hydrogen-bond acceptors (Lipinski definition) is 7. The summed E-state index contributed by atoms with van der Waals surface area (Å²) in [4.78, 5) is 14.0. The highest BCUT2D eigenvalue weighted by molar-refractivity contribution is 7.80. The average molecular weight is 414 g/mol. The number of carbonyl (C=O) groups excluding carboxylic acids is 1. The Morgan fingerprint density at radius 1 is 1.43 bits per heavy atom. The molecule has 10 nitrogen and oxygen atoms in total. The minimum atomic E-state index is -4.74. The summed E-state index contributed by atoms with van der Waals surface area (Å²) in [5.41, 5.74) is 1.62. The zero-order valence-corrected chi connectivity index (χ0v) is 16.7. The molecule has 2 aliphatic heterocycles. The van der Waals surface area contributed by atoms with Gasteiger partial charge in [0.05, 0.1) is 12.1 Å². The van der Waals surface area contributed by atoms with Crippen LogP contribution in [-0.2, 0) is 21.1 Å². The molecule has 3 rings (SSSR count). The van der Waals surface area contributed by atoms with Gasteiger partial charge in [0.1, 0.15) is 11.5 Å². The maximum atomic E-state index is 12.5. The van der Waals surface area contributed by atoms with Crippen LogP contribution in [0.4, 0.5) is 4.79 Å². The van der Waals surface area contributed by atoms with Crippen LogP contribution in [-0.4, -0.2) is 53.3 Å². The van der Waals surface area contributed by atoms with Crippen molar-refractivity contribution < 1.29 is 26.6 Å². The van der Waals surface area contributed by atoms with E-state index in [1.807, 2.05) is 13.0 Å².